The van der Waals surface area contributed by atoms with Crippen LogP contribution in [0.3, 0.4) is 0 Å². The van der Waals surface area contributed by atoms with Gasteiger partial charge in [0.25, 0.3) is 0 Å². The number of unbranched alkanes of at least 4 members (excludes halogenated alkanes) is 5. The van der Waals surface area contributed by atoms with Crippen LogP contribution in [0, 0.1) is 13.8 Å². The molecule has 0 saturated carbocycles. The molecule has 1 aliphatic rings. The fourth-order valence-electron chi connectivity index (χ4n) is 3.30. The van der Waals surface area contributed by atoms with Crippen molar-refractivity contribution >= 4 is 28.8 Å². The molecule has 0 heterocycles. The minimum absolute atomic E-state index is 0.116. The summed E-state index contributed by atoms with van der Waals surface area (Å²) in [6.07, 6.45) is 8.26. The van der Waals surface area contributed by atoms with Gasteiger partial charge in [0.05, 0.1) is 12.2 Å². The molecule has 4 heteroatoms. The first kappa shape index (κ1) is 20.6. The van der Waals surface area contributed by atoms with Crippen LogP contribution in [0.5, 0.6) is 0 Å². The van der Waals surface area contributed by atoms with Gasteiger partial charge in [-0.2, -0.15) is 0 Å². The first-order chi connectivity index (χ1) is 12.5. The summed E-state index contributed by atoms with van der Waals surface area (Å²) < 4.78 is 11.3. The third kappa shape index (κ3) is 5.94. The lowest BCUT2D eigenvalue weighted by Crippen LogP contribution is -2.09. The predicted octanol–water partition coefficient (Wildman–Crippen LogP) is 6.06. The molecule has 3 nitrogen and oxygen atoms in total. The Morgan fingerprint density at radius 1 is 1.08 bits per heavy atom. The van der Waals surface area contributed by atoms with Crippen LogP contribution < -0.4 is 0 Å². The van der Waals surface area contributed by atoms with E-state index in [0.29, 0.717) is 30.8 Å². The number of carbonyl (C=O) groups excluding carboxylic acids is 1. The van der Waals surface area contributed by atoms with Crippen molar-refractivity contribution in [1.82, 2.24) is 0 Å². The molecule has 0 amide bonds. The Morgan fingerprint density at radius 2 is 1.81 bits per heavy atom. The number of Topliss-reactive ketones (excluding diaryl/α,β-unsaturated/α-hetero) is 1. The van der Waals surface area contributed by atoms with Gasteiger partial charge >= 0.3 is 5.24 Å². The van der Waals surface area contributed by atoms with Crippen LogP contribution in [0.4, 0.5) is 0 Å². The maximum atomic E-state index is 12.4. The summed E-state index contributed by atoms with van der Waals surface area (Å²) in [6, 6.07) is 6.09. The smallest absolute Gasteiger partial charge is 0.357 e. The second-order valence-corrected chi connectivity index (χ2v) is 7.34. The van der Waals surface area contributed by atoms with Crippen molar-refractivity contribution in [1.29, 1.82) is 0 Å². The van der Waals surface area contributed by atoms with Gasteiger partial charge < -0.3 is 9.47 Å². The molecular weight excluding hydrogens is 344 g/mol. The molecular formula is C22H30O3S. The van der Waals surface area contributed by atoms with Crippen molar-refractivity contribution in [2.75, 3.05) is 6.61 Å². The summed E-state index contributed by atoms with van der Waals surface area (Å²) >= 11 is 5.22. The van der Waals surface area contributed by atoms with E-state index >= 15 is 0 Å². The molecule has 1 aromatic carbocycles. The standard InChI is InChI=1S/C22H30O3S/c1-4-5-6-7-8-9-14-24-22(26)25-20-13-12-19(23)21(20)18-11-10-16(2)15-17(18)3/h10-11,15H,4-9,12-14H2,1-3H3. The number of hydrogen-bond acceptors (Lipinski definition) is 4. The molecule has 0 spiro atoms. The summed E-state index contributed by atoms with van der Waals surface area (Å²) in [5.41, 5.74) is 3.85. The number of hydrogen-bond donors (Lipinski definition) is 0. The minimum atomic E-state index is 0.116. The molecule has 1 aliphatic carbocycles. The zero-order valence-corrected chi connectivity index (χ0v) is 17.0. The Hall–Kier alpha value is -1.68. The van der Waals surface area contributed by atoms with E-state index in [0.717, 1.165) is 24.0 Å². The van der Waals surface area contributed by atoms with Crippen molar-refractivity contribution in [3.63, 3.8) is 0 Å². The van der Waals surface area contributed by atoms with Crippen LogP contribution >= 0.6 is 12.2 Å². The van der Waals surface area contributed by atoms with Gasteiger partial charge in [-0.25, -0.2) is 0 Å². The normalized spacial score (nSPS) is 14.0. The Morgan fingerprint density at radius 3 is 2.54 bits per heavy atom. The van der Waals surface area contributed by atoms with E-state index in [2.05, 4.69) is 13.0 Å². The number of ether oxygens (including phenoxy) is 2. The van der Waals surface area contributed by atoms with E-state index in [1.807, 2.05) is 26.0 Å². The predicted molar refractivity (Wildman–Crippen MR) is 110 cm³/mol. The number of carbonyl (C=O) groups is 1. The third-order valence-corrected chi connectivity index (χ3v) is 4.91. The molecule has 2 rings (SSSR count). The van der Waals surface area contributed by atoms with Crippen LogP contribution in [0.1, 0.15) is 75.0 Å². The number of benzene rings is 1. The van der Waals surface area contributed by atoms with Gasteiger partial charge in [0.1, 0.15) is 5.76 Å². The largest absolute Gasteiger partial charge is 0.457 e. The molecule has 26 heavy (non-hydrogen) atoms. The first-order valence-corrected chi connectivity index (χ1v) is 10.1. The minimum Gasteiger partial charge on any atom is -0.457 e. The summed E-state index contributed by atoms with van der Waals surface area (Å²) in [7, 11) is 0. The fraction of sp³-hybridized carbons (Fsp3) is 0.545. The molecule has 0 unspecified atom stereocenters. The average Bonchev–Trinajstić information content (AvgIpc) is 2.94. The van der Waals surface area contributed by atoms with Crippen LogP contribution in [0.15, 0.2) is 24.0 Å². The van der Waals surface area contributed by atoms with Gasteiger partial charge in [0, 0.05) is 25.1 Å². The van der Waals surface area contributed by atoms with Gasteiger partial charge in [0.15, 0.2) is 5.78 Å². The monoisotopic (exact) mass is 374 g/mol. The average molecular weight is 375 g/mol. The molecule has 0 aliphatic heterocycles. The summed E-state index contributed by atoms with van der Waals surface area (Å²) in [5.74, 6) is 0.764. The van der Waals surface area contributed by atoms with E-state index in [4.69, 9.17) is 21.7 Å². The lowest BCUT2D eigenvalue weighted by molar-refractivity contribution is -0.113. The molecule has 0 aromatic heterocycles. The summed E-state index contributed by atoms with van der Waals surface area (Å²) in [6.45, 7) is 6.86. The number of thiocarbonyl (C=S) groups is 1. The second kappa shape index (κ2) is 10.5. The van der Waals surface area contributed by atoms with E-state index in [1.165, 1.54) is 31.2 Å². The van der Waals surface area contributed by atoms with Gasteiger partial charge in [-0.05, 0) is 31.4 Å². The van der Waals surface area contributed by atoms with Crippen molar-refractivity contribution in [2.24, 2.45) is 0 Å². The van der Waals surface area contributed by atoms with Gasteiger partial charge in [-0.3, -0.25) is 4.79 Å². The van der Waals surface area contributed by atoms with Crippen LogP contribution in [0.25, 0.3) is 5.57 Å². The Balaban J connectivity index is 1.90. The fourth-order valence-corrected chi connectivity index (χ4v) is 3.48. The van der Waals surface area contributed by atoms with Gasteiger partial charge in [-0.1, -0.05) is 62.8 Å². The SMILES string of the molecule is CCCCCCCCOC(=S)OC1=C(c2ccc(C)cc2C)C(=O)CC1. The van der Waals surface area contributed by atoms with Crippen LogP contribution in [-0.2, 0) is 14.3 Å². The number of allylic oxidation sites excluding steroid dienone is 2. The molecule has 1 aromatic rings. The Bertz CT molecular complexity index is 676. The van der Waals surface area contributed by atoms with Gasteiger partial charge in [0.2, 0.25) is 0 Å². The second-order valence-electron chi connectivity index (χ2n) is 7.01. The summed E-state index contributed by atoms with van der Waals surface area (Å²) in [5, 5.41) is 0.130. The maximum absolute atomic E-state index is 12.4. The highest BCUT2D eigenvalue weighted by molar-refractivity contribution is 7.79. The molecule has 0 N–H and O–H groups in total. The van der Waals surface area contributed by atoms with Crippen molar-refractivity contribution in [2.45, 2.75) is 72.1 Å². The summed E-state index contributed by atoms with van der Waals surface area (Å²) in [4.78, 5) is 12.4. The molecule has 0 saturated heterocycles. The van der Waals surface area contributed by atoms with Gasteiger partial charge in [-0.15, -0.1) is 0 Å². The van der Waals surface area contributed by atoms with Crippen molar-refractivity contribution < 1.29 is 14.3 Å². The van der Waals surface area contributed by atoms with E-state index < -0.39 is 0 Å². The number of aryl methyl sites for hydroxylation is 2. The molecule has 0 radical (unpaired) electrons. The van der Waals surface area contributed by atoms with E-state index in [9.17, 15) is 4.79 Å². The molecule has 0 atom stereocenters. The zero-order chi connectivity index (χ0) is 18.9. The Kier molecular flexibility index (Phi) is 8.30. The highest BCUT2D eigenvalue weighted by Gasteiger charge is 2.28. The Labute approximate surface area is 162 Å². The maximum Gasteiger partial charge on any atom is 0.357 e. The van der Waals surface area contributed by atoms with E-state index in [1.54, 1.807) is 0 Å². The lowest BCUT2D eigenvalue weighted by Gasteiger charge is -2.12. The quantitative estimate of drug-likeness (QED) is 0.389. The molecule has 142 valence electrons. The van der Waals surface area contributed by atoms with E-state index in [-0.39, 0.29) is 11.0 Å². The first-order valence-electron chi connectivity index (χ1n) is 9.71. The number of rotatable bonds is 9. The lowest BCUT2D eigenvalue weighted by atomic mass is 9.97. The van der Waals surface area contributed by atoms with Crippen molar-refractivity contribution in [3.8, 4) is 0 Å². The molecule has 0 bridgehead atoms. The highest BCUT2D eigenvalue weighted by atomic mass is 32.1. The van der Waals surface area contributed by atoms with Crippen molar-refractivity contribution in [3.05, 3.63) is 40.6 Å². The molecule has 0 fully saturated rings. The third-order valence-electron chi connectivity index (χ3n) is 4.71. The number of ketones is 1. The highest BCUT2D eigenvalue weighted by Crippen LogP contribution is 2.34. The van der Waals surface area contributed by atoms with Crippen LogP contribution in [-0.4, -0.2) is 17.6 Å². The van der Waals surface area contributed by atoms with Crippen LogP contribution in [0.2, 0.25) is 0 Å². The topological polar surface area (TPSA) is 35.5 Å². The zero-order valence-electron chi connectivity index (χ0n) is 16.2.